The maximum Gasteiger partial charge on any atom is 0.306 e. The van der Waals surface area contributed by atoms with Crippen molar-refractivity contribution in [1.82, 2.24) is 4.90 Å². The van der Waals surface area contributed by atoms with Crippen molar-refractivity contribution in [3.63, 3.8) is 0 Å². The Morgan fingerprint density at radius 2 is 1.76 bits per heavy atom. The van der Waals surface area contributed by atoms with Crippen molar-refractivity contribution in [1.29, 1.82) is 0 Å². The summed E-state index contributed by atoms with van der Waals surface area (Å²) in [7, 11) is 0. The van der Waals surface area contributed by atoms with Gasteiger partial charge in [0.2, 0.25) is 0 Å². The van der Waals surface area contributed by atoms with Crippen molar-refractivity contribution in [3.05, 3.63) is 35.4 Å². The van der Waals surface area contributed by atoms with E-state index in [4.69, 9.17) is 6.11 Å². The molecule has 7 heteroatoms. The van der Waals surface area contributed by atoms with Crippen LogP contribution in [0.1, 0.15) is 68.0 Å². The average Bonchev–Trinajstić information content (AvgIpc) is 3.26. The van der Waals surface area contributed by atoms with Crippen LogP contribution in [0.25, 0.3) is 0 Å². The smallest absolute Gasteiger partial charge is 0.306 e. The number of fused-ring (bicyclic) bond motifs is 1. The van der Waals surface area contributed by atoms with Crippen LogP contribution in [-0.2, 0) is 19.1 Å². The van der Waals surface area contributed by atoms with Crippen LogP contribution in [0.5, 0.6) is 0 Å². The first kappa shape index (κ1) is 19.5. The standard InChI is InChI=1S/C22H25NO6/c1-3-14(24)8-9-20(26)29-15-10-13(2)18(11-15)19(25)12-23-21(27)16-6-4-5-7-17(16)22(23)28/h4-7,13,15,18H,3,8-12H2,1-2H3/t13-,15-,18?/m1/s1/i2D. The number of imide groups is 1. The van der Waals surface area contributed by atoms with E-state index >= 15 is 0 Å². The Morgan fingerprint density at radius 1 is 1.10 bits per heavy atom. The molecule has 3 atom stereocenters. The minimum atomic E-state index is -0.554. The van der Waals surface area contributed by atoms with E-state index in [1.807, 2.05) is 0 Å². The highest BCUT2D eigenvalue weighted by Gasteiger charge is 2.41. The number of ketones is 2. The van der Waals surface area contributed by atoms with E-state index in [2.05, 4.69) is 0 Å². The summed E-state index contributed by atoms with van der Waals surface area (Å²) in [5, 5.41) is 0. The molecule has 1 aliphatic carbocycles. The largest absolute Gasteiger partial charge is 0.462 e. The Balaban J connectivity index is 1.59. The van der Waals surface area contributed by atoms with Gasteiger partial charge in [-0.3, -0.25) is 28.9 Å². The number of hydrogen-bond acceptors (Lipinski definition) is 6. The first-order chi connectivity index (χ1) is 14.3. The number of esters is 1. The van der Waals surface area contributed by atoms with Crippen LogP contribution in [0.3, 0.4) is 0 Å². The van der Waals surface area contributed by atoms with Crippen molar-refractivity contribution in [2.24, 2.45) is 11.8 Å². The average molecular weight is 400 g/mol. The number of rotatable bonds is 8. The Morgan fingerprint density at radius 3 is 2.34 bits per heavy atom. The molecule has 1 aromatic carbocycles. The molecular weight excluding hydrogens is 374 g/mol. The summed E-state index contributed by atoms with van der Waals surface area (Å²) in [6, 6.07) is 6.44. The second kappa shape index (κ2) is 8.68. The maximum absolute atomic E-state index is 12.9. The van der Waals surface area contributed by atoms with E-state index in [1.165, 1.54) is 0 Å². The van der Waals surface area contributed by atoms with E-state index in [9.17, 15) is 24.0 Å². The first-order valence-electron chi connectivity index (χ1n) is 10.5. The van der Waals surface area contributed by atoms with Gasteiger partial charge in [0.1, 0.15) is 11.9 Å². The topological polar surface area (TPSA) is 97.8 Å². The fraction of sp³-hybridized carbons (Fsp3) is 0.500. The van der Waals surface area contributed by atoms with Crippen LogP contribution < -0.4 is 0 Å². The molecule has 1 aliphatic heterocycles. The molecule has 0 radical (unpaired) electrons. The van der Waals surface area contributed by atoms with Gasteiger partial charge in [0, 0.05) is 20.1 Å². The molecule has 1 heterocycles. The highest BCUT2D eigenvalue weighted by molar-refractivity contribution is 6.22. The second-order valence-electron chi connectivity index (χ2n) is 7.55. The predicted octanol–water partition coefficient (Wildman–Crippen LogP) is 2.57. The lowest BCUT2D eigenvalue weighted by molar-refractivity contribution is -0.150. The Labute approximate surface area is 170 Å². The molecule has 1 saturated carbocycles. The Hall–Kier alpha value is -2.83. The van der Waals surface area contributed by atoms with Gasteiger partial charge in [-0.25, -0.2) is 0 Å². The number of nitrogens with zero attached hydrogens (tertiary/aromatic N) is 1. The zero-order chi connectivity index (χ0) is 21.8. The van der Waals surface area contributed by atoms with Crippen LogP contribution in [0.2, 0.25) is 0 Å². The zero-order valence-electron chi connectivity index (χ0n) is 17.4. The number of carbonyl (C=O) groups is 5. The molecule has 154 valence electrons. The molecule has 0 bridgehead atoms. The summed E-state index contributed by atoms with van der Waals surface area (Å²) in [6.45, 7) is 1.37. The monoisotopic (exact) mass is 400 g/mol. The van der Waals surface area contributed by atoms with Crippen molar-refractivity contribution < 1.29 is 30.1 Å². The van der Waals surface area contributed by atoms with Gasteiger partial charge in [0.25, 0.3) is 11.8 Å². The van der Waals surface area contributed by atoms with E-state index in [0.29, 0.717) is 12.8 Å². The molecule has 0 aromatic heterocycles. The SMILES string of the molecule is [2H]C[C@@H]1C[C@@H](OC(=O)CCC(=O)CC)CC1C(=O)CN1C(=O)c2ccccc2C1=O. The van der Waals surface area contributed by atoms with Gasteiger partial charge in [-0.05, 0) is 30.9 Å². The fourth-order valence-corrected chi connectivity index (χ4v) is 3.88. The molecule has 0 N–H and O–H groups in total. The summed E-state index contributed by atoms with van der Waals surface area (Å²) in [4.78, 5) is 62.1. The maximum atomic E-state index is 12.9. The van der Waals surface area contributed by atoms with Gasteiger partial charge >= 0.3 is 5.97 Å². The van der Waals surface area contributed by atoms with Gasteiger partial charge in [0.15, 0.2) is 5.78 Å². The molecular formula is C22H25NO6. The number of amides is 2. The van der Waals surface area contributed by atoms with Gasteiger partial charge in [0.05, 0.1) is 24.1 Å². The van der Waals surface area contributed by atoms with E-state index in [0.717, 1.165) is 4.90 Å². The third kappa shape index (κ3) is 4.44. The zero-order valence-corrected chi connectivity index (χ0v) is 16.4. The molecule has 2 amide bonds. The Bertz CT molecular complexity index is 847. The number of carbonyl (C=O) groups excluding carboxylic acids is 5. The van der Waals surface area contributed by atoms with E-state index in [-0.39, 0.29) is 61.3 Å². The summed E-state index contributed by atoms with van der Waals surface area (Å²) >= 11 is 0. The van der Waals surface area contributed by atoms with Crippen molar-refractivity contribution in [3.8, 4) is 0 Å². The van der Waals surface area contributed by atoms with Gasteiger partial charge in [-0.15, -0.1) is 0 Å². The molecule has 1 fully saturated rings. The molecule has 0 spiro atoms. The number of benzene rings is 1. The van der Waals surface area contributed by atoms with E-state index < -0.39 is 29.8 Å². The van der Waals surface area contributed by atoms with Gasteiger partial charge < -0.3 is 4.74 Å². The predicted molar refractivity (Wildman–Crippen MR) is 103 cm³/mol. The van der Waals surface area contributed by atoms with Crippen LogP contribution in [0, 0.1) is 11.8 Å². The lowest BCUT2D eigenvalue weighted by Crippen LogP contribution is -2.38. The lowest BCUT2D eigenvalue weighted by Gasteiger charge is -2.18. The van der Waals surface area contributed by atoms with Crippen LogP contribution in [0.15, 0.2) is 24.3 Å². The molecule has 3 rings (SSSR count). The van der Waals surface area contributed by atoms with Crippen LogP contribution in [-0.4, -0.2) is 46.9 Å². The lowest BCUT2D eigenvalue weighted by atomic mass is 9.93. The molecule has 7 nitrogen and oxygen atoms in total. The van der Waals surface area contributed by atoms with Crippen molar-refractivity contribution >= 4 is 29.4 Å². The molecule has 0 saturated heterocycles. The van der Waals surface area contributed by atoms with Crippen molar-refractivity contribution in [2.45, 2.75) is 52.0 Å². The Kier molecular flexibility index (Phi) is 5.83. The summed E-state index contributed by atoms with van der Waals surface area (Å²) in [5.74, 6) is -2.65. The molecule has 1 aromatic rings. The number of hydrogen-bond donors (Lipinski definition) is 0. The molecule has 29 heavy (non-hydrogen) atoms. The molecule has 1 unspecified atom stereocenters. The number of ether oxygens (including phenoxy) is 1. The highest BCUT2D eigenvalue weighted by atomic mass is 16.5. The minimum Gasteiger partial charge on any atom is -0.462 e. The van der Waals surface area contributed by atoms with Gasteiger partial charge in [-0.2, -0.15) is 0 Å². The summed E-state index contributed by atoms with van der Waals surface area (Å²) in [6.07, 6.45) is 0.648. The molecule has 2 aliphatic rings. The first-order valence-corrected chi connectivity index (χ1v) is 9.84. The van der Waals surface area contributed by atoms with E-state index in [1.54, 1.807) is 31.2 Å². The fourth-order valence-electron chi connectivity index (χ4n) is 3.88. The second-order valence-corrected chi connectivity index (χ2v) is 7.55. The summed E-state index contributed by atoms with van der Waals surface area (Å²) < 4.78 is 13.2. The number of Topliss-reactive ketones (excluding diaryl/α,β-unsaturated/α-hetero) is 2. The normalized spacial score (nSPS) is 23.7. The van der Waals surface area contributed by atoms with Crippen molar-refractivity contribution in [2.75, 3.05) is 6.54 Å². The quantitative estimate of drug-likeness (QED) is 0.491. The van der Waals surface area contributed by atoms with Crippen LogP contribution in [0.4, 0.5) is 0 Å². The van der Waals surface area contributed by atoms with Gasteiger partial charge in [-0.1, -0.05) is 26.0 Å². The summed E-state index contributed by atoms with van der Waals surface area (Å²) in [5.41, 5.74) is 0.569. The highest BCUT2D eigenvalue weighted by Crippen LogP contribution is 2.35. The third-order valence-corrected chi connectivity index (χ3v) is 5.56. The third-order valence-electron chi connectivity index (χ3n) is 5.56. The minimum absolute atomic E-state index is 0.00235. The van der Waals surface area contributed by atoms with Crippen LogP contribution >= 0.6 is 0 Å².